The molecule has 0 fully saturated rings. The third-order valence-electron chi connectivity index (χ3n) is 5.10. The Balaban J connectivity index is 1.58. The van der Waals surface area contributed by atoms with Gasteiger partial charge in [0.15, 0.2) is 0 Å². The highest BCUT2D eigenvalue weighted by molar-refractivity contribution is 8.00. The third kappa shape index (κ3) is 6.23. The molecular weight excluding hydrogens is 480 g/mol. The lowest BCUT2D eigenvalue weighted by atomic mass is 10.1. The number of amides is 2. The first-order valence-electron chi connectivity index (χ1n) is 10.8. The molecule has 1 heterocycles. The van der Waals surface area contributed by atoms with Crippen molar-refractivity contribution in [3.05, 3.63) is 101 Å². The number of thioether (sulfide) groups is 1. The van der Waals surface area contributed by atoms with Gasteiger partial charge in [-0.3, -0.25) is 9.59 Å². The Bertz CT molecular complexity index is 1290. The van der Waals surface area contributed by atoms with Gasteiger partial charge in [-0.2, -0.15) is 0 Å². The maximum atomic E-state index is 13.5. The van der Waals surface area contributed by atoms with Crippen molar-refractivity contribution >= 4 is 46.3 Å². The summed E-state index contributed by atoms with van der Waals surface area (Å²) in [5.41, 5.74) is 2.04. The Morgan fingerprint density at radius 3 is 2.40 bits per heavy atom. The number of thiophene rings is 1. The minimum absolute atomic E-state index is 0.162. The van der Waals surface area contributed by atoms with Crippen molar-refractivity contribution in [1.82, 2.24) is 0 Å². The van der Waals surface area contributed by atoms with Crippen molar-refractivity contribution in [3.8, 4) is 11.5 Å². The van der Waals surface area contributed by atoms with Crippen LogP contribution in [-0.2, 0) is 4.79 Å². The first-order chi connectivity index (χ1) is 17.1. The number of anilines is 2. The molecule has 4 aromatic rings. The molecule has 3 aromatic carbocycles. The van der Waals surface area contributed by atoms with E-state index < -0.39 is 5.25 Å². The van der Waals surface area contributed by atoms with Crippen molar-refractivity contribution < 1.29 is 19.1 Å². The van der Waals surface area contributed by atoms with Crippen LogP contribution in [0.5, 0.6) is 11.5 Å². The predicted molar refractivity (Wildman–Crippen MR) is 142 cm³/mol. The van der Waals surface area contributed by atoms with Crippen molar-refractivity contribution in [2.45, 2.75) is 10.1 Å². The molecule has 8 heteroatoms. The summed E-state index contributed by atoms with van der Waals surface area (Å²) in [6.45, 7) is 0. The van der Waals surface area contributed by atoms with Crippen LogP contribution < -0.4 is 20.1 Å². The first-order valence-corrected chi connectivity index (χ1v) is 12.5. The maximum Gasteiger partial charge on any atom is 0.265 e. The molecule has 1 atom stereocenters. The molecule has 0 saturated carbocycles. The van der Waals surface area contributed by atoms with Gasteiger partial charge in [-0.1, -0.05) is 42.5 Å². The van der Waals surface area contributed by atoms with Gasteiger partial charge >= 0.3 is 0 Å². The molecule has 0 bridgehead atoms. The quantitative estimate of drug-likeness (QED) is 0.255. The van der Waals surface area contributed by atoms with E-state index in [0.717, 1.165) is 10.5 Å². The van der Waals surface area contributed by atoms with Gasteiger partial charge in [-0.05, 0) is 47.3 Å². The molecule has 0 radical (unpaired) electrons. The van der Waals surface area contributed by atoms with Crippen molar-refractivity contribution in [2.24, 2.45) is 0 Å². The monoisotopic (exact) mass is 504 g/mol. The lowest BCUT2D eigenvalue weighted by Gasteiger charge is -2.19. The summed E-state index contributed by atoms with van der Waals surface area (Å²) in [7, 11) is 3.12. The second-order valence-corrected chi connectivity index (χ2v) is 9.55. The number of hydrogen-bond acceptors (Lipinski definition) is 6. The average Bonchev–Trinajstić information content (AvgIpc) is 3.43. The number of rotatable bonds is 9. The number of benzene rings is 3. The minimum Gasteiger partial charge on any atom is -0.497 e. The molecule has 0 aliphatic heterocycles. The Hall–Kier alpha value is -3.75. The van der Waals surface area contributed by atoms with Crippen molar-refractivity contribution in [1.29, 1.82) is 0 Å². The Morgan fingerprint density at radius 1 is 0.857 bits per heavy atom. The van der Waals surface area contributed by atoms with Gasteiger partial charge in [-0.15, -0.1) is 23.1 Å². The lowest BCUT2D eigenvalue weighted by molar-refractivity contribution is -0.115. The Kier molecular flexibility index (Phi) is 8.07. The smallest absolute Gasteiger partial charge is 0.265 e. The molecule has 178 valence electrons. The molecule has 6 nitrogen and oxygen atoms in total. The zero-order valence-corrected chi connectivity index (χ0v) is 20.8. The van der Waals surface area contributed by atoms with E-state index in [-0.39, 0.29) is 11.8 Å². The van der Waals surface area contributed by atoms with Crippen LogP contribution in [0.3, 0.4) is 0 Å². The van der Waals surface area contributed by atoms with E-state index in [1.165, 1.54) is 23.1 Å². The number of nitrogens with one attached hydrogen (secondary N) is 2. The summed E-state index contributed by atoms with van der Waals surface area (Å²) < 4.78 is 10.7. The molecule has 0 spiro atoms. The highest BCUT2D eigenvalue weighted by atomic mass is 32.2. The van der Waals surface area contributed by atoms with E-state index in [1.807, 2.05) is 66.0 Å². The zero-order valence-electron chi connectivity index (χ0n) is 19.2. The Labute approximate surface area is 212 Å². The molecule has 0 aliphatic carbocycles. The fourth-order valence-corrected chi connectivity index (χ4v) is 5.10. The lowest BCUT2D eigenvalue weighted by Crippen LogP contribution is -2.19. The summed E-state index contributed by atoms with van der Waals surface area (Å²) in [6.07, 6.45) is 0. The second kappa shape index (κ2) is 11.6. The SMILES string of the molecule is COc1ccc(OC)c(NC(=O)C(Sc2cccc(NC(=O)c3cccs3)c2)c2ccccc2)c1. The van der Waals surface area contributed by atoms with E-state index in [2.05, 4.69) is 10.6 Å². The van der Waals surface area contributed by atoms with Crippen LogP contribution in [0.1, 0.15) is 20.5 Å². The van der Waals surface area contributed by atoms with Crippen molar-refractivity contribution in [3.63, 3.8) is 0 Å². The van der Waals surface area contributed by atoms with E-state index >= 15 is 0 Å². The molecule has 0 aliphatic rings. The van der Waals surface area contributed by atoms with Crippen LogP contribution in [0.25, 0.3) is 0 Å². The number of methoxy groups -OCH3 is 2. The summed E-state index contributed by atoms with van der Waals surface area (Å²) >= 11 is 2.78. The van der Waals surface area contributed by atoms with Gasteiger partial charge in [0.05, 0.1) is 24.8 Å². The Morgan fingerprint density at radius 2 is 1.69 bits per heavy atom. The first kappa shape index (κ1) is 24.4. The third-order valence-corrected chi connectivity index (χ3v) is 7.21. The van der Waals surface area contributed by atoms with E-state index in [0.29, 0.717) is 27.8 Å². The summed E-state index contributed by atoms with van der Waals surface area (Å²) in [4.78, 5) is 27.4. The van der Waals surface area contributed by atoms with Gasteiger partial charge in [0.1, 0.15) is 16.7 Å². The molecule has 1 aromatic heterocycles. The van der Waals surface area contributed by atoms with Crippen LogP contribution in [0, 0.1) is 0 Å². The van der Waals surface area contributed by atoms with Crippen LogP contribution in [0.4, 0.5) is 11.4 Å². The van der Waals surface area contributed by atoms with Gasteiger partial charge in [-0.25, -0.2) is 0 Å². The largest absolute Gasteiger partial charge is 0.497 e. The molecule has 35 heavy (non-hydrogen) atoms. The number of hydrogen-bond donors (Lipinski definition) is 2. The number of ether oxygens (including phenoxy) is 2. The normalized spacial score (nSPS) is 11.4. The van der Waals surface area contributed by atoms with Gasteiger partial charge < -0.3 is 20.1 Å². The molecule has 1 unspecified atom stereocenters. The van der Waals surface area contributed by atoms with Gasteiger partial charge in [0.25, 0.3) is 5.91 Å². The van der Waals surface area contributed by atoms with Gasteiger partial charge in [0, 0.05) is 16.6 Å². The number of carbonyl (C=O) groups excluding carboxylic acids is 2. The summed E-state index contributed by atoms with van der Waals surface area (Å²) in [5.74, 6) is 0.777. The highest BCUT2D eigenvalue weighted by Crippen LogP contribution is 2.38. The topological polar surface area (TPSA) is 76.7 Å². The summed E-state index contributed by atoms with van der Waals surface area (Å²) in [6, 6.07) is 25.9. The molecule has 2 N–H and O–H groups in total. The van der Waals surface area contributed by atoms with Crippen LogP contribution in [0.15, 0.2) is 95.2 Å². The zero-order chi connectivity index (χ0) is 24.6. The minimum atomic E-state index is -0.546. The van der Waals surface area contributed by atoms with Crippen LogP contribution >= 0.6 is 23.1 Å². The summed E-state index contributed by atoms with van der Waals surface area (Å²) in [5, 5.41) is 7.23. The molecule has 2 amide bonds. The fraction of sp³-hybridized carbons (Fsp3) is 0.111. The molecule has 4 rings (SSSR count). The highest BCUT2D eigenvalue weighted by Gasteiger charge is 2.24. The second-order valence-electron chi connectivity index (χ2n) is 7.42. The molecule has 0 saturated heterocycles. The predicted octanol–water partition coefficient (Wildman–Crippen LogP) is 6.49. The van der Waals surface area contributed by atoms with E-state index in [1.54, 1.807) is 38.5 Å². The number of carbonyl (C=O) groups is 2. The van der Waals surface area contributed by atoms with E-state index in [9.17, 15) is 9.59 Å². The fourth-order valence-electron chi connectivity index (χ4n) is 3.39. The standard InChI is InChI=1S/C27H24N2O4S2/c1-32-20-13-14-23(33-2)22(17-20)29-27(31)25(18-8-4-3-5-9-18)35-21-11-6-10-19(16-21)28-26(30)24-12-7-15-34-24/h3-17,25H,1-2H3,(H,28,30)(H,29,31). The molecular formula is C27H24N2O4S2. The van der Waals surface area contributed by atoms with Crippen LogP contribution in [0.2, 0.25) is 0 Å². The maximum absolute atomic E-state index is 13.5. The van der Waals surface area contributed by atoms with Crippen LogP contribution in [-0.4, -0.2) is 26.0 Å². The van der Waals surface area contributed by atoms with Crippen molar-refractivity contribution in [2.75, 3.05) is 24.9 Å². The average molecular weight is 505 g/mol. The van der Waals surface area contributed by atoms with E-state index in [4.69, 9.17) is 9.47 Å². The van der Waals surface area contributed by atoms with Gasteiger partial charge in [0.2, 0.25) is 5.91 Å².